The molecule has 0 aliphatic rings. The van der Waals surface area contributed by atoms with Crippen molar-refractivity contribution < 1.29 is 9.50 Å². The maximum absolute atomic E-state index is 13.9. The van der Waals surface area contributed by atoms with Crippen LogP contribution in [0.1, 0.15) is 39.4 Å². The molecule has 3 heteroatoms. The van der Waals surface area contributed by atoms with Gasteiger partial charge in [0.05, 0.1) is 11.8 Å². The van der Waals surface area contributed by atoms with Gasteiger partial charge in [0.15, 0.2) is 0 Å². The third-order valence-corrected chi connectivity index (χ3v) is 2.73. The van der Waals surface area contributed by atoms with Crippen molar-refractivity contribution in [2.45, 2.75) is 39.8 Å². The minimum atomic E-state index is -0.627. The van der Waals surface area contributed by atoms with Gasteiger partial charge in [0.25, 0.3) is 0 Å². The van der Waals surface area contributed by atoms with E-state index in [9.17, 15) is 9.50 Å². The first-order valence-corrected chi connectivity index (χ1v) is 5.71. The lowest BCUT2D eigenvalue weighted by Crippen LogP contribution is -2.31. The van der Waals surface area contributed by atoms with Crippen molar-refractivity contribution in [1.29, 1.82) is 0 Å². The molecule has 90 valence electrons. The van der Waals surface area contributed by atoms with E-state index in [1.54, 1.807) is 19.1 Å². The van der Waals surface area contributed by atoms with E-state index < -0.39 is 6.10 Å². The summed E-state index contributed by atoms with van der Waals surface area (Å²) in [5.41, 5.74) is 1.21. The third-order valence-electron chi connectivity index (χ3n) is 2.73. The van der Waals surface area contributed by atoms with Crippen LogP contribution in [0.3, 0.4) is 0 Å². The van der Waals surface area contributed by atoms with Gasteiger partial charge in [-0.1, -0.05) is 6.07 Å². The summed E-state index contributed by atoms with van der Waals surface area (Å²) in [6.45, 7) is 8.47. The highest BCUT2D eigenvalue weighted by molar-refractivity contribution is 5.50. The molecule has 1 atom stereocenters. The second-order valence-electron chi connectivity index (χ2n) is 4.27. The molecule has 0 amide bonds. The highest BCUT2D eigenvalue weighted by atomic mass is 19.1. The van der Waals surface area contributed by atoms with Crippen molar-refractivity contribution in [1.82, 2.24) is 0 Å². The van der Waals surface area contributed by atoms with Crippen molar-refractivity contribution in [3.63, 3.8) is 0 Å². The molecule has 0 saturated heterocycles. The van der Waals surface area contributed by atoms with Crippen molar-refractivity contribution in [2.24, 2.45) is 0 Å². The summed E-state index contributed by atoms with van der Waals surface area (Å²) in [7, 11) is 0. The monoisotopic (exact) mass is 225 g/mol. The third kappa shape index (κ3) is 2.73. The molecule has 0 unspecified atom stereocenters. The Kier molecular flexibility index (Phi) is 4.30. The topological polar surface area (TPSA) is 23.5 Å². The number of hydrogen-bond acceptors (Lipinski definition) is 2. The largest absolute Gasteiger partial charge is 0.389 e. The number of aliphatic hydroxyl groups is 1. The zero-order valence-corrected chi connectivity index (χ0v) is 10.4. The molecule has 2 nitrogen and oxygen atoms in total. The van der Waals surface area contributed by atoms with Gasteiger partial charge in [0.2, 0.25) is 0 Å². The predicted molar refractivity (Wildman–Crippen MR) is 65.2 cm³/mol. The highest BCUT2D eigenvalue weighted by Gasteiger charge is 2.14. The quantitative estimate of drug-likeness (QED) is 0.851. The summed E-state index contributed by atoms with van der Waals surface area (Å²) in [4.78, 5) is 1.99. The molecule has 0 fully saturated rings. The minimum absolute atomic E-state index is 0.261. The van der Waals surface area contributed by atoms with E-state index >= 15 is 0 Å². The van der Waals surface area contributed by atoms with Gasteiger partial charge in [-0.25, -0.2) is 4.39 Å². The van der Waals surface area contributed by atoms with Crippen LogP contribution in [0.25, 0.3) is 0 Å². The molecule has 0 aliphatic carbocycles. The maximum atomic E-state index is 13.9. The second-order valence-corrected chi connectivity index (χ2v) is 4.27. The summed E-state index contributed by atoms with van der Waals surface area (Å²) in [6, 6.07) is 5.18. The fourth-order valence-electron chi connectivity index (χ4n) is 1.83. The van der Waals surface area contributed by atoms with Crippen LogP contribution in [-0.4, -0.2) is 17.7 Å². The fourth-order valence-corrected chi connectivity index (χ4v) is 1.83. The Hall–Kier alpha value is -1.09. The van der Waals surface area contributed by atoms with E-state index in [1.807, 2.05) is 25.7 Å². The number of halogens is 1. The number of benzene rings is 1. The molecule has 16 heavy (non-hydrogen) atoms. The summed E-state index contributed by atoms with van der Waals surface area (Å²) >= 11 is 0. The van der Waals surface area contributed by atoms with E-state index in [4.69, 9.17) is 0 Å². The van der Waals surface area contributed by atoms with Gasteiger partial charge in [-0.05, 0) is 45.4 Å². The highest BCUT2D eigenvalue weighted by Crippen LogP contribution is 2.24. The van der Waals surface area contributed by atoms with Crippen molar-refractivity contribution in [3.8, 4) is 0 Å². The number of anilines is 1. The molecule has 0 heterocycles. The van der Waals surface area contributed by atoms with E-state index in [0.29, 0.717) is 11.3 Å². The van der Waals surface area contributed by atoms with Gasteiger partial charge < -0.3 is 10.0 Å². The van der Waals surface area contributed by atoms with Gasteiger partial charge in [0.1, 0.15) is 5.82 Å². The van der Waals surface area contributed by atoms with Gasteiger partial charge in [-0.3, -0.25) is 0 Å². The summed E-state index contributed by atoms with van der Waals surface area (Å²) in [6.07, 6.45) is -0.627. The molecule has 0 aromatic heterocycles. The fraction of sp³-hybridized carbons (Fsp3) is 0.538. The van der Waals surface area contributed by atoms with Crippen LogP contribution in [0.4, 0.5) is 10.1 Å². The lowest BCUT2D eigenvalue weighted by atomic mass is 10.1. The normalized spacial score (nSPS) is 12.9. The van der Waals surface area contributed by atoms with Crippen LogP contribution in [0.5, 0.6) is 0 Å². The second kappa shape index (κ2) is 5.30. The number of aliphatic hydroxyl groups excluding tert-OH is 1. The zero-order chi connectivity index (χ0) is 12.3. The number of hydrogen-bond donors (Lipinski definition) is 1. The smallest absolute Gasteiger partial charge is 0.146 e. The molecule has 0 spiro atoms. The lowest BCUT2D eigenvalue weighted by Gasteiger charge is -2.28. The van der Waals surface area contributed by atoms with Gasteiger partial charge in [0, 0.05) is 12.6 Å². The Labute approximate surface area is 96.7 Å². The van der Waals surface area contributed by atoms with Crippen LogP contribution < -0.4 is 4.90 Å². The Balaban J connectivity index is 3.06. The Morgan fingerprint density at radius 2 is 1.94 bits per heavy atom. The first kappa shape index (κ1) is 13.0. The van der Waals surface area contributed by atoms with Crippen molar-refractivity contribution in [2.75, 3.05) is 11.4 Å². The van der Waals surface area contributed by atoms with Gasteiger partial charge in [-0.2, -0.15) is 0 Å². The predicted octanol–water partition coefficient (Wildman–Crippen LogP) is 3.11. The van der Waals surface area contributed by atoms with E-state index in [1.165, 1.54) is 6.07 Å². The molecule has 1 rings (SSSR count). The average Bonchev–Trinajstić information content (AvgIpc) is 2.20. The first-order valence-electron chi connectivity index (χ1n) is 5.71. The van der Waals surface area contributed by atoms with Crippen LogP contribution >= 0.6 is 0 Å². The summed E-state index contributed by atoms with van der Waals surface area (Å²) < 4.78 is 13.9. The van der Waals surface area contributed by atoms with Crippen LogP contribution in [-0.2, 0) is 0 Å². The lowest BCUT2D eigenvalue weighted by molar-refractivity contribution is 0.199. The number of rotatable bonds is 4. The molecule has 1 aromatic carbocycles. The molecule has 0 saturated carbocycles. The minimum Gasteiger partial charge on any atom is -0.389 e. The van der Waals surface area contributed by atoms with Crippen LogP contribution in [0.15, 0.2) is 18.2 Å². The number of nitrogens with zero attached hydrogens (tertiary/aromatic N) is 1. The molecule has 1 N–H and O–H groups in total. The van der Waals surface area contributed by atoms with E-state index in [2.05, 4.69) is 0 Å². The standard InChI is InChI=1S/C13H20FNO/c1-5-15(9(2)3)13-7-6-11(10(4)16)8-12(13)14/h6-10,16H,5H2,1-4H3/t10-/m1/s1. The molecule has 0 bridgehead atoms. The summed E-state index contributed by atoms with van der Waals surface area (Å²) in [5.74, 6) is -0.269. The van der Waals surface area contributed by atoms with Crippen molar-refractivity contribution in [3.05, 3.63) is 29.6 Å². The SMILES string of the molecule is CCN(c1ccc([C@@H](C)O)cc1F)C(C)C. The maximum Gasteiger partial charge on any atom is 0.146 e. The Bertz CT molecular complexity index is 350. The Morgan fingerprint density at radius 3 is 2.31 bits per heavy atom. The molecule has 1 aromatic rings. The molecule has 0 radical (unpaired) electrons. The van der Waals surface area contributed by atoms with Crippen LogP contribution in [0.2, 0.25) is 0 Å². The van der Waals surface area contributed by atoms with E-state index in [-0.39, 0.29) is 11.9 Å². The summed E-state index contributed by atoms with van der Waals surface area (Å²) in [5, 5.41) is 9.36. The molecule has 0 aliphatic heterocycles. The van der Waals surface area contributed by atoms with Gasteiger partial charge in [-0.15, -0.1) is 0 Å². The Morgan fingerprint density at radius 1 is 1.31 bits per heavy atom. The van der Waals surface area contributed by atoms with E-state index in [0.717, 1.165) is 6.54 Å². The zero-order valence-electron chi connectivity index (χ0n) is 10.4. The molecular formula is C13H20FNO. The molecular weight excluding hydrogens is 205 g/mol. The first-order chi connectivity index (χ1) is 7.47. The van der Waals surface area contributed by atoms with Crippen LogP contribution in [0, 0.1) is 5.82 Å². The average molecular weight is 225 g/mol. The van der Waals surface area contributed by atoms with Gasteiger partial charge >= 0.3 is 0 Å². The van der Waals surface area contributed by atoms with Crippen molar-refractivity contribution >= 4 is 5.69 Å².